The molecule has 0 spiro atoms. The lowest BCUT2D eigenvalue weighted by Crippen LogP contribution is -2.37. The van der Waals surface area contributed by atoms with Crippen molar-refractivity contribution in [2.75, 3.05) is 19.0 Å². The van der Waals surface area contributed by atoms with E-state index in [0.717, 1.165) is 11.3 Å². The van der Waals surface area contributed by atoms with E-state index in [-0.39, 0.29) is 11.4 Å². The molecule has 0 bridgehead atoms. The quantitative estimate of drug-likeness (QED) is 0.514. The van der Waals surface area contributed by atoms with Crippen LogP contribution in [0, 0.1) is 5.92 Å². The Labute approximate surface area is 157 Å². The van der Waals surface area contributed by atoms with Gasteiger partial charge in [-0.25, -0.2) is 0 Å². The van der Waals surface area contributed by atoms with Gasteiger partial charge >= 0.3 is 6.18 Å². The Kier molecular flexibility index (Phi) is 6.73. The predicted molar refractivity (Wildman–Crippen MR) is 94.3 cm³/mol. The van der Waals surface area contributed by atoms with Crippen molar-refractivity contribution in [1.82, 2.24) is 0 Å². The summed E-state index contributed by atoms with van der Waals surface area (Å²) in [5, 5.41) is 4.26. The molecule has 0 saturated heterocycles. The number of thiophene rings is 1. The van der Waals surface area contributed by atoms with Crippen molar-refractivity contribution in [2.24, 2.45) is 5.92 Å². The van der Waals surface area contributed by atoms with Gasteiger partial charge in [-0.1, -0.05) is 6.07 Å². The molecule has 5 nitrogen and oxygen atoms in total. The molecule has 1 N–H and O–H groups in total. The van der Waals surface area contributed by atoms with Crippen molar-refractivity contribution < 1.29 is 32.3 Å². The lowest BCUT2D eigenvalue weighted by atomic mass is 9.91. The average Bonchev–Trinajstić information content (AvgIpc) is 3.17. The minimum atomic E-state index is -5.19. The molecule has 0 aliphatic carbocycles. The number of carbonyl (C=O) groups is 3. The normalized spacial score (nSPS) is 12.3. The van der Waals surface area contributed by atoms with Crippen LogP contribution < -0.4 is 10.1 Å². The fourth-order valence-electron chi connectivity index (χ4n) is 2.30. The Bertz CT molecular complexity index is 801. The van der Waals surface area contributed by atoms with Crippen LogP contribution in [0.3, 0.4) is 0 Å². The number of Topliss-reactive ketones (excluding diaryl/α,β-unsaturated/α-hetero) is 3. The van der Waals surface area contributed by atoms with E-state index in [4.69, 9.17) is 4.74 Å². The van der Waals surface area contributed by atoms with E-state index >= 15 is 0 Å². The van der Waals surface area contributed by atoms with E-state index in [1.807, 2.05) is 0 Å². The third kappa shape index (κ3) is 5.65. The van der Waals surface area contributed by atoms with Gasteiger partial charge in [-0.05, 0) is 35.7 Å². The van der Waals surface area contributed by atoms with Gasteiger partial charge in [0.25, 0.3) is 0 Å². The second kappa shape index (κ2) is 8.81. The Morgan fingerprint density at radius 3 is 2.33 bits per heavy atom. The van der Waals surface area contributed by atoms with Crippen LogP contribution in [0.1, 0.15) is 16.1 Å². The van der Waals surface area contributed by atoms with Crippen LogP contribution in [0.2, 0.25) is 0 Å². The smallest absolute Gasteiger partial charge is 0.450 e. The Hall–Kier alpha value is -2.68. The zero-order valence-electron chi connectivity index (χ0n) is 14.2. The first-order valence-corrected chi connectivity index (χ1v) is 8.68. The largest absolute Gasteiger partial charge is 0.497 e. The fraction of sp³-hybridized carbons (Fsp3) is 0.278. The minimum Gasteiger partial charge on any atom is -0.497 e. The number of nitrogens with one attached hydrogen (secondary N) is 1. The van der Waals surface area contributed by atoms with Gasteiger partial charge in [0.05, 0.1) is 24.4 Å². The first kappa shape index (κ1) is 20.6. The van der Waals surface area contributed by atoms with E-state index in [0.29, 0.717) is 11.4 Å². The van der Waals surface area contributed by atoms with E-state index < -0.39 is 35.9 Å². The summed E-state index contributed by atoms with van der Waals surface area (Å²) in [6.45, 7) is -0.314. The lowest BCUT2D eigenvalue weighted by molar-refractivity contribution is -0.174. The number of methoxy groups -OCH3 is 1. The number of benzene rings is 1. The van der Waals surface area contributed by atoms with E-state index in [1.54, 1.807) is 24.3 Å². The molecular weight excluding hydrogens is 383 g/mol. The van der Waals surface area contributed by atoms with Crippen molar-refractivity contribution >= 4 is 34.4 Å². The number of hydrogen-bond donors (Lipinski definition) is 1. The molecule has 1 heterocycles. The molecule has 9 heteroatoms. The molecule has 0 radical (unpaired) electrons. The first-order valence-electron chi connectivity index (χ1n) is 7.80. The van der Waals surface area contributed by atoms with Crippen LogP contribution in [0.4, 0.5) is 18.9 Å². The van der Waals surface area contributed by atoms with Crippen LogP contribution in [0.15, 0.2) is 41.8 Å². The highest BCUT2D eigenvalue weighted by Crippen LogP contribution is 2.27. The van der Waals surface area contributed by atoms with Crippen molar-refractivity contribution in [2.45, 2.75) is 12.6 Å². The molecular formula is C18H16F3NO4S. The molecule has 1 aromatic carbocycles. The van der Waals surface area contributed by atoms with Gasteiger partial charge in [0.1, 0.15) is 5.75 Å². The SMILES string of the molecule is COc1ccc(NCC(=O)CC(C(=O)c2cccs2)C(=O)C(F)(F)F)cc1. The topological polar surface area (TPSA) is 72.5 Å². The second-order valence-electron chi connectivity index (χ2n) is 5.58. The first-order chi connectivity index (χ1) is 12.7. The number of ether oxygens (including phenoxy) is 1. The maximum Gasteiger partial charge on any atom is 0.450 e. The number of anilines is 1. The number of alkyl halides is 3. The van der Waals surface area contributed by atoms with Crippen LogP contribution in [0.5, 0.6) is 5.75 Å². The van der Waals surface area contributed by atoms with Crippen LogP contribution in [-0.4, -0.2) is 37.2 Å². The van der Waals surface area contributed by atoms with Gasteiger partial charge in [0.2, 0.25) is 5.78 Å². The molecule has 0 aliphatic rings. The summed E-state index contributed by atoms with van der Waals surface area (Å²) in [4.78, 5) is 36.0. The highest BCUT2D eigenvalue weighted by atomic mass is 32.1. The van der Waals surface area contributed by atoms with Gasteiger partial charge in [-0.2, -0.15) is 13.2 Å². The van der Waals surface area contributed by atoms with E-state index in [9.17, 15) is 27.6 Å². The van der Waals surface area contributed by atoms with Crippen molar-refractivity contribution in [3.05, 3.63) is 46.7 Å². The van der Waals surface area contributed by atoms with Gasteiger partial charge in [0, 0.05) is 12.1 Å². The van der Waals surface area contributed by atoms with Crippen LogP contribution >= 0.6 is 11.3 Å². The van der Waals surface area contributed by atoms with Crippen LogP contribution in [0.25, 0.3) is 0 Å². The number of halogens is 3. The molecule has 2 rings (SSSR count). The molecule has 0 saturated carbocycles. The van der Waals surface area contributed by atoms with E-state index in [1.165, 1.54) is 24.6 Å². The number of rotatable bonds is 9. The zero-order valence-corrected chi connectivity index (χ0v) is 15.0. The fourth-order valence-corrected chi connectivity index (χ4v) is 3.02. The molecule has 1 aromatic heterocycles. The molecule has 0 fully saturated rings. The van der Waals surface area contributed by atoms with E-state index in [2.05, 4.69) is 5.32 Å². The van der Waals surface area contributed by atoms with Crippen molar-refractivity contribution in [3.8, 4) is 5.75 Å². The van der Waals surface area contributed by atoms with Gasteiger partial charge in [0.15, 0.2) is 11.6 Å². The summed E-state index contributed by atoms with van der Waals surface area (Å²) in [5.74, 6) is -5.36. The highest BCUT2D eigenvalue weighted by molar-refractivity contribution is 7.12. The molecule has 1 unspecified atom stereocenters. The minimum absolute atomic E-state index is 0.00788. The molecule has 27 heavy (non-hydrogen) atoms. The molecule has 2 aromatic rings. The summed E-state index contributed by atoms with van der Waals surface area (Å²) in [6, 6.07) is 9.35. The number of hydrogen-bond acceptors (Lipinski definition) is 6. The van der Waals surface area contributed by atoms with Gasteiger partial charge in [-0.3, -0.25) is 14.4 Å². The van der Waals surface area contributed by atoms with Crippen molar-refractivity contribution in [3.63, 3.8) is 0 Å². The third-order valence-electron chi connectivity index (χ3n) is 3.69. The Morgan fingerprint density at radius 1 is 1.15 bits per heavy atom. The summed E-state index contributed by atoms with van der Waals surface area (Å²) >= 11 is 0.920. The van der Waals surface area contributed by atoms with Crippen LogP contribution in [-0.2, 0) is 9.59 Å². The monoisotopic (exact) mass is 399 g/mol. The third-order valence-corrected chi connectivity index (χ3v) is 4.57. The maximum atomic E-state index is 12.8. The Morgan fingerprint density at radius 2 is 1.81 bits per heavy atom. The molecule has 1 atom stereocenters. The zero-order chi connectivity index (χ0) is 20.0. The highest BCUT2D eigenvalue weighted by Gasteiger charge is 2.47. The maximum absolute atomic E-state index is 12.8. The molecule has 0 amide bonds. The summed E-state index contributed by atoms with van der Waals surface area (Å²) < 4.78 is 43.5. The number of ketones is 3. The second-order valence-corrected chi connectivity index (χ2v) is 6.53. The summed E-state index contributed by atoms with van der Waals surface area (Å²) in [7, 11) is 1.49. The average molecular weight is 399 g/mol. The van der Waals surface area contributed by atoms with Crippen molar-refractivity contribution in [1.29, 1.82) is 0 Å². The van der Waals surface area contributed by atoms with Gasteiger partial charge in [-0.15, -0.1) is 11.3 Å². The standard InChI is InChI=1S/C18H16F3NO4S/c1-26-13-6-4-11(5-7-13)22-10-12(23)9-14(17(25)18(19,20)21)16(24)15-3-2-8-27-15/h2-8,14,22H,9-10H2,1H3. The molecule has 0 aliphatic heterocycles. The Balaban J connectivity index is 2.05. The number of carbonyl (C=O) groups excluding carboxylic acids is 3. The predicted octanol–water partition coefficient (Wildman–Crippen LogP) is 3.76. The van der Waals surface area contributed by atoms with Gasteiger partial charge < -0.3 is 10.1 Å². The molecule has 144 valence electrons. The summed E-state index contributed by atoms with van der Waals surface area (Å²) in [5.41, 5.74) is 0.549. The lowest BCUT2D eigenvalue weighted by Gasteiger charge is -2.15. The summed E-state index contributed by atoms with van der Waals surface area (Å²) in [6.07, 6.45) is -6.01.